The molecule has 8 heteroatoms. The molecule has 2 rings (SSSR count). The summed E-state index contributed by atoms with van der Waals surface area (Å²) < 4.78 is 2.06. The zero-order valence-corrected chi connectivity index (χ0v) is 12.5. The second-order valence-electron chi connectivity index (χ2n) is 3.72. The Morgan fingerprint density at radius 2 is 2.26 bits per heavy atom. The summed E-state index contributed by atoms with van der Waals surface area (Å²) in [5, 5.41) is 11.7. The molecule has 0 unspecified atom stereocenters. The van der Waals surface area contributed by atoms with E-state index in [4.69, 9.17) is 0 Å². The maximum atomic E-state index is 11.8. The molecular formula is C11H11BrN4O2S. The number of aryl methyl sites for hydroxylation is 1. The molecule has 1 N–H and O–H groups in total. The molecule has 0 saturated heterocycles. The van der Waals surface area contributed by atoms with E-state index in [0.717, 1.165) is 15.9 Å². The molecule has 100 valence electrons. The lowest BCUT2D eigenvalue weighted by atomic mass is 10.4. The Bertz CT molecular complexity index is 652. The number of rotatable bonds is 4. The van der Waals surface area contributed by atoms with Crippen LogP contribution in [0.1, 0.15) is 11.9 Å². The minimum atomic E-state index is -0.306. The minimum Gasteiger partial charge on any atom is -0.305 e. The summed E-state index contributed by atoms with van der Waals surface area (Å²) in [6.45, 7) is 1.91. The molecule has 0 radical (unpaired) electrons. The van der Waals surface area contributed by atoms with Crippen molar-refractivity contribution in [3.8, 4) is 0 Å². The van der Waals surface area contributed by atoms with Gasteiger partial charge >= 0.3 is 0 Å². The molecule has 0 atom stereocenters. The molecule has 2 heterocycles. The van der Waals surface area contributed by atoms with Gasteiger partial charge < -0.3 is 4.57 Å². The number of hydrogen-bond acceptors (Lipinski definition) is 5. The van der Waals surface area contributed by atoms with E-state index in [2.05, 4.69) is 31.4 Å². The lowest BCUT2D eigenvalue weighted by molar-refractivity contribution is -0.116. The van der Waals surface area contributed by atoms with Gasteiger partial charge in [-0.1, -0.05) is 18.3 Å². The Hall–Kier alpha value is -1.54. The van der Waals surface area contributed by atoms with Gasteiger partial charge in [0.05, 0.1) is 0 Å². The normalized spacial score (nSPS) is 10.4. The number of nitrogens with zero attached hydrogens (tertiary/aromatic N) is 3. The summed E-state index contributed by atoms with van der Waals surface area (Å²) in [4.78, 5) is 23.3. The van der Waals surface area contributed by atoms with Crippen molar-refractivity contribution in [1.29, 1.82) is 0 Å². The van der Waals surface area contributed by atoms with Gasteiger partial charge in [0.2, 0.25) is 11.0 Å². The van der Waals surface area contributed by atoms with Gasteiger partial charge in [0.15, 0.2) is 0 Å². The number of halogens is 1. The largest absolute Gasteiger partial charge is 0.305 e. The zero-order chi connectivity index (χ0) is 13.8. The summed E-state index contributed by atoms with van der Waals surface area (Å²) >= 11 is 4.58. The van der Waals surface area contributed by atoms with Gasteiger partial charge in [0, 0.05) is 16.7 Å². The first-order valence-corrected chi connectivity index (χ1v) is 7.17. The van der Waals surface area contributed by atoms with Crippen LogP contribution in [0.2, 0.25) is 0 Å². The van der Waals surface area contributed by atoms with E-state index >= 15 is 0 Å². The van der Waals surface area contributed by atoms with Crippen LogP contribution in [0.4, 0.5) is 5.13 Å². The first kappa shape index (κ1) is 13.9. The van der Waals surface area contributed by atoms with Gasteiger partial charge in [-0.15, -0.1) is 10.2 Å². The van der Waals surface area contributed by atoms with Crippen molar-refractivity contribution in [3.05, 3.63) is 38.2 Å². The van der Waals surface area contributed by atoms with Crippen LogP contribution in [0.3, 0.4) is 0 Å². The molecule has 0 bridgehead atoms. The maximum absolute atomic E-state index is 11.8. The smallest absolute Gasteiger partial charge is 0.251 e. The highest BCUT2D eigenvalue weighted by atomic mass is 79.9. The van der Waals surface area contributed by atoms with Gasteiger partial charge in [-0.05, 0) is 28.4 Å². The van der Waals surface area contributed by atoms with Crippen LogP contribution in [0.15, 0.2) is 27.6 Å². The average molecular weight is 343 g/mol. The number of anilines is 1. The lowest BCUT2D eigenvalue weighted by Crippen LogP contribution is -2.26. The summed E-state index contributed by atoms with van der Waals surface area (Å²) in [6.07, 6.45) is 2.35. The van der Waals surface area contributed by atoms with Crippen LogP contribution in [0.5, 0.6) is 0 Å². The van der Waals surface area contributed by atoms with Crippen LogP contribution < -0.4 is 10.9 Å². The molecular weight excluding hydrogens is 332 g/mol. The quantitative estimate of drug-likeness (QED) is 0.916. The van der Waals surface area contributed by atoms with Crippen molar-refractivity contribution < 1.29 is 4.79 Å². The van der Waals surface area contributed by atoms with Crippen molar-refractivity contribution in [2.24, 2.45) is 0 Å². The predicted molar refractivity (Wildman–Crippen MR) is 76.3 cm³/mol. The molecule has 2 aromatic rings. The van der Waals surface area contributed by atoms with E-state index < -0.39 is 0 Å². The van der Waals surface area contributed by atoms with Gasteiger partial charge in [-0.25, -0.2) is 0 Å². The van der Waals surface area contributed by atoms with E-state index in [1.165, 1.54) is 22.0 Å². The van der Waals surface area contributed by atoms with Crippen molar-refractivity contribution >= 4 is 38.3 Å². The van der Waals surface area contributed by atoms with Crippen LogP contribution in [-0.4, -0.2) is 20.7 Å². The number of pyridine rings is 1. The SMILES string of the molecule is CCc1nnc(NC(=O)Cn2cc(Br)ccc2=O)s1. The third-order valence-corrected chi connectivity index (χ3v) is 3.73. The summed E-state index contributed by atoms with van der Waals surface area (Å²) in [5.74, 6) is -0.306. The first-order chi connectivity index (χ1) is 9.08. The van der Waals surface area contributed by atoms with E-state index in [0.29, 0.717) is 5.13 Å². The van der Waals surface area contributed by atoms with Crippen molar-refractivity contribution in [3.63, 3.8) is 0 Å². The zero-order valence-electron chi connectivity index (χ0n) is 10.1. The molecule has 0 saturated carbocycles. The van der Waals surface area contributed by atoms with Crippen molar-refractivity contribution in [1.82, 2.24) is 14.8 Å². The van der Waals surface area contributed by atoms with E-state index in [-0.39, 0.29) is 18.0 Å². The Labute approximate surface area is 121 Å². The van der Waals surface area contributed by atoms with Gasteiger partial charge in [0.25, 0.3) is 5.56 Å². The highest BCUT2D eigenvalue weighted by Crippen LogP contribution is 2.15. The second kappa shape index (κ2) is 6.07. The van der Waals surface area contributed by atoms with Crippen LogP contribution in [-0.2, 0) is 17.8 Å². The molecule has 0 aromatic carbocycles. The molecule has 0 spiro atoms. The van der Waals surface area contributed by atoms with Crippen molar-refractivity contribution in [2.75, 3.05) is 5.32 Å². The third-order valence-electron chi connectivity index (χ3n) is 2.28. The average Bonchev–Trinajstić information content (AvgIpc) is 2.81. The molecule has 6 nitrogen and oxygen atoms in total. The molecule has 1 amide bonds. The fourth-order valence-corrected chi connectivity index (χ4v) is 2.46. The standard InChI is InChI=1S/C11H11BrN4O2S/c1-2-9-14-15-11(19-9)13-8(17)6-16-5-7(12)3-4-10(16)18/h3-5H,2,6H2,1H3,(H,13,15,17). The van der Waals surface area contributed by atoms with E-state index in [9.17, 15) is 9.59 Å². The molecule has 0 aliphatic rings. The lowest BCUT2D eigenvalue weighted by Gasteiger charge is -2.05. The summed E-state index contributed by atoms with van der Waals surface area (Å²) in [5.41, 5.74) is -0.232. The number of amides is 1. The number of hydrogen-bond donors (Lipinski definition) is 1. The van der Waals surface area contributed by atoms with Crippen molar-refractivity contribution in [2.45, 2.75) is 19.9 Å². The Morgan fingerprint density at radius 3 is 2.95 bits per heavy atom. The number of nitrogens with one attached hydrogen (secondary N) is 1. The topological polar surface area (TPSA) is 76.9 Å². The molecule has 19 heavy (non-hydrogen) atoms. The van der Waals surface area contributed by atoms with E-state index in [1.807, 2.05) is 6.92 Å². The second-order valence-corrected chi connectivity index (χ2v) is 5.69. The summed E-state index contributed by atoms with van der Waals surface area (Å²) in [7, 11) is 0. The van der Waals surface area contributed by atoms with Gasteiger partial charge in [-0.3, -0.25) is 14.9 Å². The van der Waals surface area contributed by atoms with E-state index in [1.54, 1.807) is 12.3 Å². The highest BCUT2D eigenvalue weighted by Gasteiger charge is 2.09. The Balaban J connectivity index is 2.05. The predicted octanol–water partition coefficient (Wildman–Crippen LogP) is 1.66. The molecule has 0 aliphatic heterocycles. The molecule has 0 fully saturated rings. The van der Waals surface area contributed by atoms with Crippen LogP contribution in [0, 0.1) is 0 Å². The molecule has 0 aliphatic carbocycles. The minimum absolute atomic E-state index is 0.0562. The van der Waals surface area contributed by atoms with Gasteiger partial charge in [-0.2, -0.15) is 0 Å². The Kier molecular flexibility index (Phi) is 4.43. The fraction of sp³-hybridized carbons (Fsp3) is 0.273. The van der Waals surface area contributed by atoms with Crippen LogP contribution >= 0.6 is 27.3 Å². The van der Waals surface area contributed by atoms with Crippen LogP contribution in [0.25, 0.3) is 0 Å². The first-order valence-electron chi connectivity index (χ1n) is 5.56. The number of carbonyl (C=O) groups excluding carboxylic acids is 1. The van der Waals surface area contributed by atoms with Gasteiger partial charge in [0.1, 0.15) is 11.6 Å². The maximum Gasteiger partial charge on any atom is 0.251 e. The number of aromatic nitrogens is 3. The highest BCUT2D eigenvalue weighted by molar-refractivity contribution is 9.10. The monoisotopic (exact) mass is 342 g/mol. The Morgan fingerprint density at radius 1 is 1.47 bits per heavy atom. The third kappa shape index (κ3) is 3.71. The number of carbonyl (C=O) groups is 1. The summed E-state index contributed by atoms with van der Waals surface area (Å²) in [6, 6.07) is 3.03. The molecule has 2 aromatic heterocycles. The fourth-order valence-electron chi connectivity index (χ4n) is 1.39.